The fourth-order valence-electron chi connectivity index (χ4n) is 1.86. The van der Waals surface area contributed by atoms with Gasteiger partial charge < -0.3 is 5.11 Å². The topological polar surface area (TPSA) is 54.4 Å². The van der Waals surface area contributed by atoms with Gasteiger partial charge in [-0.05, 0) is 17.9 Å². The first-order valence-electron chi connectivity index (χ1n) is 6.28. The predicted molar refractivity (Wildman–Crippen MR) is 70.9 cm³/mol. The van der Waals surface area contributed by atoms with Crippen molar-refractivity contribution in [3.05, 3.63) is 35.4 Å². The smallest absolute Gasteiger partial charge is 0.306 e. The van der Waals surface area contributed by atoms with Crippen LogP contribution in [-0.4, -0.2) is 16.9 Å². The fraction of sp³-hybridized carbons (Fsp3) is 0.467. The lowest BCUT2D eigenvalue weighted by atomic mass is 9.92. The Bertz CT molecular complexity index is 435. The average Bonchev–Trinajstić information content (AvgIpc) is 2.35. The summed E-state index contributed by atoms with van der Waals surface area (Å²) < 4.78 is 0. The van der Waals surface area contributed by atoms with Gasteiger partial charge in [0.05, 0.1) is 5.92 Å². The highest BCUT2D eigenvalue weighted by Gasteiger charge is 2.16. The van der Waals surface area contributed by atoms with Gasteiger partial charge in [0.1, 0.15) is 0 Å². The first kappa shape index (κ1) is 14.4. The van der Waals surface area contributed by atoms with E-state index in [-0.39, 0.29) is 12.2 Å². The van der Waals surface area contributed by atoms with Crippen molar-refractivity contribution in [3.63, 3.8) is 0 Å². The zero-order valence-electron chi connectivity index (χ0n) is 11.1. The van der Waals surface area contributed by atoms with Gasteiger partial charge in [0, 0.05) is 12.0 Å². The van der Waals surface area contributed by atoms with Crippen LogP contribution in [0.1, 0.15) is 55.5 Å². The van der Waals surface area contributed by atoms with Crippen LogP contribution in [0.2, 0.25) is 0 Å². The van der Waals surface area contributed by atoms with E-state index >= 15 is 0 Å². The molecule has 3 nitrogen and oxygen atoms in total. The number of carboxylic acids is 1. The van der Waals surface area contributed by atoms with E-state index in [0.717, 1.165) is 11.1 Å². The Kier molecular flexibility index (Phi) is 5.08. The van der Waals surface area contributed by atoms with Crippen LogP contribution in [-0.2, 0) is 4.79 Å². The molecule has 0 radical (unpaired) electrons. The highest BCUT2D eigenvalue weighted by atomic mass is 16.4. The van der Waals surface area contributed by atoms with Crippen molar-refractivity contribution in [2.24, 2.45) is 5.92 Å². The molecule has 0 saturated carbocycles. The summed E-state index contributed by atoms with van der Waals surface area (Å²) in [5.74, 6) is -0.991. The summed E-state index contributed by atoms with van der Waals surface area (Å²) in [7, 11) is 0. The normalized spacial score (nSPS) is 12.4. The molecule has 18 heavy (non-hydrogen) atoms. The number of carbonyl (C=O) groups is 2. The molecule has 0 aromatic heterocycles. The highest BCUT2D eigenvalue weighted by molar-refractivity contribution is 5.97. The van der Waals surface area contributed by atoms with Crippen molar-refractivity contribution in [3.8, 4) is 0 Å². The summed E-state index contributed by atoms with van der Waals surface area (Å²) in [6, 6.07) is 7.55. The molecule has 0 heterocycles. The van der Waals surface area contributed by atoms with Crippen LogP contribution in [0, 0.1) is 5.92 Å². The lowest BCUT2D eigenvalue weighted by Gasteiger charge is -2.12. The number of aliphatic carboxylic acids is 1. The van der Waals surface area contributed by atoms with Crippen LogP contribution in [0.25, 0.3) is 0 Å². The van der Waals surface area contributed by atoms with E-state index in [1.165, 1.54) is 0 Å². The zero-order chi connectivity index (χ0) is 13.7. The SMILES string of the molecule is CC(CCC(=O)c1ccccc1C(C)C)C(=O)O. The van der Waals surface area contributed by atoms with Crippen LogP contribution in [0.3, 0.4) is 0 Å². The van der Waals surface area contributed by atoms with Crippen molar-refractivity contribution in [2.45, 2.75) is 39.5 Å². The molecule has 0 spiro atoms. The second-order valence-electron chi connectivity index (χ2n) is 4.94. The molecule has 1 atom stereocenters. The number of Topliss-reactive ketones (excluding diaryl/α,β-unsaturated/α-hetero) is 1. The second-order valence-corrected chi connectivity index (χ2v) is 4.94. The van der Waals surface area contributed by atoms with Crippen molar-refractivity contribution in [2.75, 3.05) is 0 Å². The number of ketones is 1. The van der Waals surface area contributed by atoms with Gasteiger partial charge in [0.15, 0.2) is 5.78 Å². The predicted octanol–water partition coefficient (Wildman–Crippen LogP) is 3.49. The molecule has 0 aliphatic rings. The number of rotatable bonds is 6. The van der Waals surface area contributed by atoms with Crippen molar-refractivity contribution in [1.82, 2.24) is 0 Å². The standard InChI is InChI=1S/C15H20O3/c1-10(2)12-6-4-5-7-13(12)14(16)9-8-11(3)15(17)18/h4-7,10-11H,8-9H2,1-3H3,(H,17,18). The summed E-state index contributed by atoms with van der Waals surface area (Å²) in [5, 5.41) is 8.80. The van der Waals surface area contributed by atoms with Crippen molar-refractivity contribution in [1.29, 1.82) is 0 Å². The lowest BCUT2D eigenvalue weighted by Crippen LogP contribution is -2.12. The molecule has 98 valence electrons. The quantitative estimate of drug-likeness (QED) is 0.784. The van der Waals surface area contributed by atoms with Crippen LogP contribution in [0.5, 0.6) is 0 Å². The molecule has 0 amide bonds. The van der Waals surface area contributed by atoms with E-state index in [4.69, 9.17) is 5.11 Å². The number of carbonyl (C=O) groups excluding carboxylic acids is 1. The van der Waals surface area contributed by atoms with Crippen LogP contribution in [0.4, 0.5) is 0 Å². The molecule has 1 unspecified atom stereocenters. The number of benzene rings is 1. The van der Waals surface area contributed by atoms with E-state index in [1.807, 2.05) is 38.1 Å². The van der Waals surface area contributed by atoms with Crippen LogP contribution >= 0.6 is 0 Å². The zero-order valence-corrected chi connectivity index (χ0v) is 11.1. The van der Waals surface area contributed by atoms with E-state index in [0.29, 0.717) is 12.3 Å². The molecule has 0 fully saturated rings. The molecule has 1 rings (SSSR count). The molecule has 0 aliphatic carbocycles. The number of hydrogen-bond donors (Lipinski definition) is 1. The highest BCUT2D eigenvalue weighted by Crippen LogP contribution is 2.21. The molecule has 1 aromatic carbocycles. The third kappa shape index (κ3) is 3.69. The molecule has 1 aromatic rings. The molecule has 0 bridgehead atoms. The molecular formula is C15H20O3. The summed E-state index contributed by atoms with van der Waals surface area (Å²) in [5.41, 5.74) is 1.76. The maximum Gasteiger partial charge on any atom is 0.306 e. The van der Waals surface area contributed by atoms with Gasteiger partial charge in [-0.2, -0.15) is 0 Å². The molecule has 1 N–H and O–H groups in total. The number of carboxylic acid groups (broad SMARTS) is 1. The Morgan fingerprint density at radius 3 is 2.33 bits per heavy atom. The van der Waals surface area contributed by atoms with E-state index in [9.17, 15) is 9.59 Å². The van der Waals surface area contributed by atoms with Crippen LogP contribution < -0.4 is 0 Å². The first-order chi connectivity index (χ1) is 8.43. The molecule has 0 aliphatic heterocycles. The number of hydrogen-bond acceptors (Lipinski definition) is 2. The van der Waals surface area contributed by atoms with Gasteiger partial charge in [-0.15, -0.1) is 0 Å². The molecule has 0 saturated heterocycles. The summed E-state index contributed by atoms with van der Waals surface area (Å²) in [6.07, 6.45) is 0.678. The minimum absolute atomic E-state index is 0.0346. The fourth-order valence-corrected chi connectivity index (χ4v) is 1.86. The van der Waals surface area contributed by atoms with E-state index in [1.54, 1.807) is 6.92 Å². The van der Waals surface area contributed by atoms with Gasteiger partial charge in [-0.3, -0.25) is 9.59 Å². The van der Waals surface area contributed by atoms with Gasteiger partial charge in [0.25, 0.3) is 0 Å². The largest absolute Gasteiger partial charge is 0.481 e. The van der Waals surface area contributed by atoms with Crippen LogP contribution in [0.15, 0.2) is 24.3 Å². The monoisotopic (exact) mass is 248 g/mol. The van der Waals surface area contributed by atoms with Gasteiger partial charge in [0.2, 0.25) is 0 Å². The van der Waals surface area contributed by atoms with E-state index in [2.05, 4.69) is 0 Å². The second kappa shape index (κ2) is 6.34. The lowest BCUT2D eigenvalue weighted by molar-refractivity contribution is -0.141. The summed E-state index contributed by atoms with van der Waals surface area (Å²) in [4.78, 5) is 22.8. The third-order valence-corrected chi connectivity index (χ3v) is 3.11. The average molecular weight is 248 g/mol. The maximum atomic E-state index is 12.1. The Balaban J connectivity index is 2.76. The van der Waals surface area contributed by atoms with Crippen molar-refractivity contribution >= 4 is 11.8 Å². The minimum atomic E-state index is -0.847. The van der Waals surface area contributed by atoms with E-state index < -0.39 is 11.9 Å². The van der Waals surface area contributed by atoms with Crippen molar-refractivity contribution < 1.29 is 14.7 Å². The third-order valence-electron chi connectivity index (χ3n) is 3.11. The molecule has 3 heteroatoms. The summed E-state index contributed by atoms with van der Waals surface area (Å²) in [6.45, 7) is 5.72. The Hall–Kier alpha value is -1.64. The molecular weight excluding hydrogens is 228 g/mol. The minimum Gasteiger partial charge on any atom is -0.481 e. The van der Waals surface area contributed by atoms with Gasteiger partial charge in [-0.25, -0.2) is 0 Å². The maximum absolute atomic E-state index is 12.1. The van der Waals surface area contributed by atoms with Gasteiger partial charge >= 0.3 is 5.97 Å². The first-order valence-corrected chi connectivity index (χ1v) is 6.28. The Morgan fingerprint density at radius 1 is 1.17 bits per heavy atom. The Morgan fingerprint density at radius 2 is 1.78 bits per heavy atom. The summed E-state index contributed by atoms with van der Waals surface area (Å²) >= 11 is 0. The Labute approximate surface area is 108 Å². The van der Waals surface area contributed by atoms with Gasteiger partial charge in [-0.1, -0.05) is 45.0 Å².